The molecule has 0 spiro atoms. The Bertz CT molecular complexity index is 468. The molecule has 0 atom stereocenters. The molecule has 1 aliphatic rings. The molecule has 1 aromatic carbocycles. The lowest BCUT2D eigenvalue weighted by Crippen LogP contribution is -2.48. The summed E-state index contributed by atoms with van der Waals surface area (Å²) in [7, 11) is 0. The van der Waals surface area contributed by atoms with Gasteiger partial charge in [-0.1, -0.05) is 0 Å². The minimum Gasteiger partial charge on any atom is -0.367 e. The maximum absolute atomic E-state index is 11.3. The van der Waals surface area contributed by atoms with Gasteiger partial charge in [0.15, 0.2) is 0 Å². The topological polar surface area (TPSA) is 40.6 Å². The van der Waals surface area contributed by atoms with E-state index in [9.17, 15) is 9.59 Å². The molecule has 1 heterocycles. The van der Waals surface area contributed by atoms with Crippen LogP contribution in [0.1, 0.15) is 17.3 Å². The molecule has 0 N–H and O–H groups in total. The Kier molecular flexibility index (Phi) is 4.01. The maximum Gasteiger partial charge on any atom is 0.219 e. The third-order valence-electron chi connectivity index (χ3n) is 3.17. The van der Waals surface area contributed by atoms with E-state index in [1.54, 1.807) is 6.92 Å². The van der Waals surface area contributed by atoms with Gasteiger partial charge in [-0.25, -0.2) is 0 Å². The number of nitrogens with zero attached hydrogens (tertiary/aromatic N) is 2. The minimum absolute atomic E-state index is 0.130. The molecule has 1 amide bonds. The van der Waals surface area contributed by atoms with Crippen LogP contribution in [0, 0.1) is 0 Å². The lowest BCUT2D eigenvalue weighted by molar-refractivity contribution is -0.129. The second kappa shape index (κ2) is 5.52. The van der Waals surface area contributed by atoms with Crippen molar-refractivity contribution in [3.63, 3.8) is 0 Å². The summed E-state index contributed by atoms with van der Waals surface area (Å²) in [5.41, 5.74) is 1.73. The van der Waals surface area contributed by atoms with Gasteiger partial charge in [0.25, 0.3) is 0 Å². The largest absolute Gasteiger partial charge is 0.367 e. The van der Waals surface area contributed by atoms with Crippen LogP contribution in [0.5, 0.6) is 0 Å². The fourth-order valence-corrected chi connectivity index (χ4v) is 2.76. The van der Waals surface area contributed by atoms with Crippen LogP contribution >= 0.6 is 15.9 Å². The van der Waals surface area contributed by atoms with Gasteiger partial charge < -0.3 is 9.80 Å². The highest BCUT2D eigenvalue weighted by molar-refractivity contribution is 9.10. The summed E-state index contributed by atoms with van der Waals surface area (Å²) >= 11 is 3.49. The number of rotatable bonds is 2. The molecule has 1 fully saturated rings. The molecule has 0 saturated carbocycles. The quantitative estimate of drug-likeness (QED) is 0.784. The molecule has 0 bridgehead atoms. The summed E-state index contributed by atoms with van der Waals surface area (Å²) in [6.45, 7) is 4.73. The van der Waals surface area contributed by atoms with Crippen molar-refractivity contribution in [2.45, 2.75) is 6.92 Å². The predicted molar refractivity (Wildman–Crippen MR) is 74.0 cm³/mol. The van der Waals surface area contributed by atoms with Crippen molar-refractivity contribution in [3.05, 3.63) is 28.2 Å². The number of carbonyl (C=O) groups is 2. The highest BCUT2D eigenvalue weighted by atomic mass is 79.9. The first kappa shape index (κ1) is 13.1. The van der Waals surface area contributed by atoms with Crippen LogP contribution in [0.3, 0.4) is 0 Å². The Morgan fingerprint density at radius 2 is 1.94 bits per heavy atom. The van der Waals surface area contributed by atoms with Gasteiger partial charge in [-0.2, -0.15) is 0 Å². The molecular formula is C13H15BrN2O2. The molecule has 18 heavy (non-hydrogen) atoms. The van der Waals surface area contributed by atoms with Crippen molar-refractivity contribution in [1.29, 1.82) is 0 Å². The molecule has 0 aliphatic carbocycles. The van der Waals surface area contributed by atoms with Crippen LogP contribution < -0.4 is 4.90 Å². The summed E-state index contributed by atoms with van der Waals surface area (Å²) in [5.74, 6) is 0.130. The molecule has 0 radical (unpaired) electrons. The molecule has 1 aliphatic heterocycles. The van der Waals surface area contributed by atoms with Crippen LogP contribution in [-0.4, -0.2) is 43.3 Å². The zero-order chi connectivity index (χ0) is 13.1. The number of hydrogen-bond donors (Lipinski definition) is 0. The van der Waals surface area contributed by atoms with E-state index < -0.39 is 0 Å². The first-order valence-corrected chi connectivity index (χ1v) is 6.66. The number of anilines is 1. The Morgan fingerprint density at radius 3 is 2.44 bits per heavy atom. The van der Waals surface area contributed by atoms with Crippen molar-refractivity contribution in [3.8, 4) is 0 Å². The van der Waals surface area contributed by atoms with Crippen LogP contribution in [0.4, 0.5) is 5.69 Å². The predicted octanol–water partition coefficient (Wildman–Crippen LogP) is 1.93. The highest BCUT2D eigenvalue weighted by Crippen LogP contribution is 2.27. The number of piperazine rings is 1. The van der Waals surface area contributed by atoms with E-state index in [4.69, 9.17) is 0 Å². The van der Waals surface area contributed by atoms with Crippen molar-refractivity contribution >= 4 is 33.8 Å². The molecule has 0 unspecified atom stereocenters. The van der Waals surface area contributed by atoms with Crippen LogP contribution in [0.25, 0.3) is 0 Å². The fourth-order valence-electron chi connectivity index (χ4n) is 2.12. The Labute approximate surface area is 115 Å². The molecule has 4 nitrogen and oxygen atoms in total. The minimum atomic E-state index is 0.130. The summed E-state index contributed by atoms with van der Waals surface area (Å²) < 4.78 is 0.920. The molecule has 96 valence electrons. The third kappa shape index (κ3) is 2.72. The van der Waals surface area contributed by atoms with Gasteiger partial charge in [0.05, 0.1) is 5.69 Å². The number of amides is 1. The van der Waals surface area contributed by atoms with Crippen LogP contribution in [-0.2, 0) is 4.79 Å². The van der Waals surface area contributed by atoms with E-state index in [1.165, 1.54) is 0 Å². The summed E-state index contributed by atoms with van der Waals surface area (Å²) in [5, 5.41) is 0. The van der Waals surface area contributed by atoms with Gasteiger partial charge in [-0.3, -0.25) is 9.59 Å². The van der Waals surface area contributed by atoms with Crippen LogP contribution in [0.2, 0.25) is 0 Å². The van der Waals surface area contributed by atoms with E-state index in [1.807, 2.05) is 23.1 Å². The Hall–Kier alpha value is -1.36. The average Bonchev–Trinajstić information content (AvgIpc) is 2.38. The van der Waals surface area contributed by atoms with E-state index in [0.29, 0.717) is 5.56 Å². The van der Waals surface area contributed by atoms with Crippen molar-refractivity contribution < 1.29 is 9.59 Å². The number of halogens is 1. The molecule has 2 rings (SSSR count). The number of carbonyl (C=O) groups excluding carboxylic acids is 2. The standard InChI is InChI=1S/C13H15BrN2O2/c1-10(18)15-4-6-16(7-5-15)13-3-2-11(9-17)8-12(13)14/h2-3,8-9H,4-7H2,1H3. The van der Waals surface area contributed by atoms with Crippen molar-refractivity contribution in [1.82, 2.24) is 4.90 Å². The van der Waals surface area contributed by atoms with Gasteiger partial charge in [-0.15, -0.1) is 0 Å². The highest BCUT2D eigenvalue weighted by Gasteiger charge is 2.20. The monoisotopic (exact) mass is 310 g/mol. The van der Waals surface area contributed by atoms with Gasteiger partial charge >= 0.3 is 0 Å². The second-order valence-corrected chi connectivity index (χ2v) is 5.18. The Morgan fingerprint density at radius 1 is 1.28 bits per heavy atom. The van der Waals surface area contributed by atoms with E-state index in [2.05, 4.69) is 20.8 Å². The van der Waals surface area contributed by atoms with Crippen molar-refractivity contribution in [2.75, 3.05) is 31.1 Å². The lowest BCUT2D eigenvalue weighted by Gasteiger charge is -2.36. The number of aldehydes is 1. The summed E-state index contributed by atoms with van der Waals surface area (Å²) in [6.07, 6.45) is 0.836. The average molecular weight is 311 g/mol. The van der Waals surface area contributed by atoms with Gasteiger partial charge in [-0.05, 0) is 34.1 Å². The molecule has 0 aromatic heterocycles. The van der Waals surface area contributed by atoms with Gasteiger partial charge in [0.1, 0.15) is 6.29 Å². The summed E-state index contributed by atoms with van der Waals surface area (Å²) in [6, 6.07) is 5.57. The smallest absolute Gasteiger partial charge is 0.219 e. The van der Waals surface area contributed by atoms with E-state index in [0.717, 1.165) is 42.6 Å². The zero-order valence-corrected chi connectivity index (χ0v) is 11.8. The molecule has 5 heteroatoms. The fraction of sp³-hybridized carbons (Fsp3) is 0.385. The summed E-state index contributed by atoms with van der Waals surface area (Å²) in [4.78, 5) is 26.0. The first-order valence-electron chi connectivity index (χ1n) is 5.87. The van der Waals surface area contributed by atoms with E-state index in [-0.39, 0.29) is 5.91 Å². The normalized spacial score (nSPS) is 15.7. The van der Waals surface area contributed by atoms with Crippen LogP contribution in [0.15, 0.2) is 22.7 Å². The molecular weight excluding hydrogens is 296 g/mol. The first-order chi connectivity index (χ1) is 8.61. The number of hydrogen-bond acceptors (Lipinski definition) is 3. The third-order valence-corrected chi connectivity index (χ3v) is 3.81. The maximum atomic E-state index is 11.3. The van der Waals surface area contributed by atoms with Gasteiger partial charge in [0, 0.05) is 43.1 Å². The lowest BCUT2D eigenvalue weighted by atomic mass is 10.2. The van der Waals surface area contributed by atoms with Gasteiger partial charge in [0.2, 0.25) is 5.91 Å². The molecule has 1 aromatic rings. The Balaban J connectivity index is 2.10. The second-order valence-electron chi connectivity index (χ2n) is 4.32. The number of benzene rings is 1. The van der Waals surface area contributed by atoms with E-state index >= 15 is 0 Å². The van der Waals surface area contributed by atoms with Crippen molar-refractivity contribution in [2.24, 2.45) is 0 Å². The SMILES string of the molecule is CC(=O)N1CCN(c2ccc(C=O)cc2Br)CC1. The molecule has 1 saturated heterocycles. The zero-order valence-electron chi connectivity index (χ0n) is 10.2.